The normalized spacial score (nSPS) is 20.0. The largest absolute Gasteiger partial charge is 0.469 e. The SMILES string of the molecule is CCCCCCCCCN1CCOC(CC(=O)OC)C1. The minimum absolute atomic E-state index is 0.0146. The molecule has 0 bridgehead atoms. The molecule has 0 aliphatic carbocycles. The van der Waals surface area contributed by atoms with Gasteiger partial charge < -0.3 is 9.47 Å². The molecule has 118 valence electrons. The highest BCUT2D eigenvalue weighted by Crippen LogP contribution is 2.12. The smallest absolute Gasteiger partial charge is 0.308 e. The zero-order chi connectivity index (χ0) is 14.6. The fraction of sp³-hybridized carbons (Fsp3) is 0.938. The van der Waals surface area contributed by atoms with Gasteiger partial charge in [0.25, 0.3) is 0 Å². The second-order valence-electron chi connectivity index (χ2n) is 5.69. The molecule has 0 aromatic heterocycles. The summed E-state index contributed by atoms with van der Waals surface area (Å²) in [5.41, 5.74) is 0. The molecule has 4 heteroatoms. The first-order valence-electron chi connectivity index (χ1n) is 8.17. The van der Waals surface area contributed by atoms with Crippen LogP contribution in [0.4, 0.5) is 0 Å². The van der Waals surface area contributed by atoms with Gasteiger partial charge in [-0.25, -0.2) is 0 Å². The van der Waals surface area contributed by atoms with Gasteiger partial charge in [-0.3, -0.25) is 9.69 Å². The minimum Gasteiger partial charge on any atom is -0.469 e. The number of hydrogen-bond donors (Lipinski definition) is 0. The molecule has 4 nitrogen and oxygen atoms in total. The van der Waals surface area contributed by atoms with Gasteiger partial charge in [0.1, 0.15) is 0 Å². The highest BCUT2D eigenvalue weighted by molar-refractivity contribution is 5.69. The maximum Gasteiger partial charge on any atom is 0.308 e. The Bertz CT molecular complexity index is 258. The van der Waals surface area contributed by atoms with E-state index in [4.69, 9.17) is 9.47 Å². The zero-order valence-electron chi connectivity index (χ0n) is 13.2. The van der Waals surface area contributed by atoms with E-state index in [1.165, 1.54) is 52.1 Å². The van der Waals surface area contributed by atoms with Crippen LogP contribution in [0.1, 0.15) is 58.3 Å². The Morgan fingerprint density at radius 2 is 1.90 bits per heavy atom. The lowest BCUT2D eigenvalue weighted by Gasteiger charge is -2.32. The summed E-state index contributed by atoms with van der Waals surface area (Å²) < 4.78 is 10.3. The molecule has 0 saturated carbocycles. The molecule has 1 unspecified atom stereocenters. The number of carbonyl (C=O) groups excluding carboxylic acids is 1. The van der Waals surface area contributed by atoms with Gasteiger partial charge in [-0.1, -0.05) is 45.4 Å². The zero-order valence-corrected chi connectivity index (χ0v) is 13.2. The van der Waals surface area contributed by atoms with Crippen molar-refractivity contribution in [1.29, 1.82) is 0 Å². The van der Waals surface area contributed by atoms with Gasteiger partial charge in [-0.05, 0) is 13.0 Å². The van der Waals surface area contributed by atoms with E-state index in [-0.39, 0.29) is 12.1 Å². The van der Waals surface area contributed by atoms with Crippen LogP contribution < -0.4 is 0 Å². The Morgan fingerprint density at radius 3 is 2.60 bits per heavy atom. The van der Waals surface area contributed by atoms with Crippen LogP contribution in [-0.2, 0) is 14.3 Å². The molecular weight excluding hydrogens is 254 g/mol. The third-order valence-electron chi connectivity index (χ3n) is 3.92. The van der Waals surface area contributed by atoms with Crippen molar-refractivity contribution in [3.05, 3.63) is 0 Å². The van der Waals surface area contributed by atoms with Crippen molar-refractivity contribution in [3.8, 4) is 0 Å². The number of methoxy groups -OCH3 is 1. The van der Waals surface area contributed by atoms with E-state index < -0.39 is 0 Å². The van der Waals surface area contributed by atoms with Gasteiger partial charge in [0.15, 0.2) is 0 Å². The molecule has 0 aromatic rings. The number of esters is 1. The molecule has 1 heterocycles. The Morgan fingerprint density at radius 1 is 1.20 bits per heavy atom. The monoisotopic (exact) mass is 285 g/mol. The lowest BCUT2D eigenvalue weighted by atomic mass is 10.1. The average Bonchev–Trinajstić information content (AvgIpc) is 2.46. The minimum atomic E-state index is -0.173. The Hall–Kier alpha value is -0.610. The van der Waals surface area contributed by atoms with Crippen molar-refractivity contribution in [2.24, 2.45) is 0 Å². The van der Waals surface area contributed by atoms with Crippen LogP contribution >= 0.6 is 0 Å². The molecule has 0 amide bonds. The van der Waals surface area contributed by atoms with Crippen LogP contribution in [0.3, 0.4) is 0 Å². The topological polar surface area (TPSA) is 38.8 Å². The molecule has 0 N–H and O–H groups in total. The summed E-state index contributed by atoms with van der Waals surface area (Å²) in [6.45, 7) is 5.98. The molecule has 20 heavy (non-hydrogen) atoms. The predicted molar refractivity (Wildman–Crippen MR) is 80.8 cm³/mol. The van der Waals surface area contributed by atoms with Crippen molar-refractivity contribution in [2.75, 3.05) is 33.4 Å². The molecule has 0 aromatic carbocycles. The van der Waals surface area contributed by atoms with E-state index in [1.807, 2.05) is 0 Å². The first-order chi connectivity index (χ1) is 9.76. The number of carbonyl (C=O) groups is 1. The van der Waals surface area contributed by atoms with Crippen LogP contribution in [0.2, 0.25) is 0 Å². The van der Waals surface area contributed by atoms with Crippen LogP contribution in [0.15, 0.2) is 0 Å². The summed E-state index contributed by atoms with van der Waals surface area (Å²) in [6.07, 6.45) is 9.78. The van der Waals surface area contributed by atoms with Crippen molar-refractivity contribution >= 4 is 5.97 Å². The number of morpholine rings is 1. The fourth-order valence-corrected chi connectivity index (χ4v) is 2.67. The third-order valence-corrected chi connectivity index (χ3v) is 3.92. The molecule has 0 spiro atoms. The van der Waals surface area contributed by atoms with Crippen molar-refractivity contribution in [1.82, 2.24) is 4.90 Å². The standard InChI is InChI=1S/C16H31NO3/c1-3-4-5-6-7-8-9-10-17-11-12-20-15(14-17)13-16(18)19-2/h15H,3-14H2,1-2H3. The first-order valence-corrected chi connectivity index (χ1v) is 8.17. The van der Waals surface area contributed by atoms with E-state index in [2.05, 4.69) is 11.8 Å². The van der Waals surface area contributed by atoms with Crippen LogP contribution in [0, 0.1) is 0 Å². The molecular formula is C16H31NO3. The Labute approximate surface area is 123 Å². The lowest BCUT2D eigenvalue weighted by molar-refractivity contribution is -0.145. The maximum atomic E-state index is 11.3. The average molecular weight is 285 g/mol. The van der Waals surface area contributed by atoms with E-state index >= 15 is 0 Å². The molecule has 1 fully saturated rings. The maximum absolute atomic E-state index is 11.3. The number of unbranched alkanes of at least 4 members (excludes halogenated alkanes) is 6. The second kappa shape index (κ2) is 11.1. The summed E-state index contributed by atoms with van der Waals surface area (Å²) in [7, 11) is 1.43. The quantitative estimate of drug-likeness (QED) is 0.457. The van der Waals surface area contributed by atoms with Gasteiger partial charge in [-0.2, -0.15) is 0 Å². The van der Waals surface area contributed by atoms with E-state index in [1.54, 1.807) is 0 Å². The van der Waals surface area contributed by atoms with Gasteiger partial charge in [0, 0.05) is 13.1 Å². The second-order valence-corrected chi connectivity index (χ2v) is 5.69. The molecule has 1 rings (SSSR count). The molecule has 1 saturated heterocycles. The lowest BCUT2D eigenvalue weighted by Crippen LogP contribution is -2.43. The number of ether oxygens (including phenoxy) is 2. The van der Waals surface area contributed by atoms with Gasteiger partial charge in [0.2, 0.25) is 0 Å². The Kier molecular flexibility index (Phi) is 9.67. The molecule has 0 radical (unpaired) electrons. The first kappa shape index (κ1) is 17.4. The van der Waals surface area contributed by atoms with Gasteiger partial charge in [0.05, 0.1) is 26.2 Å². The molecule has 1 aliphatic heterocycles. The fourth-order valence-electron chi connectivity index (χ4n) is 2.67. The number of nitrogens with zero attached hydrogens (tertiary/aromatic N) is 1. The number of hydrogen-bond acceptors (Lipinski definition) is 4. The van der Waals surface area contributed by atoms with Gasteiger partial charge >= 0.3 is 5.97 Å². The van der Waals surface area contributed by atoms with E-state index in [0.717, 1.165) is 26.2 Å². The summed E-state index contributed by atoms with van der Waals surface area (Å²) in [4.78, 5) is 13.7. The van der Waals surface area contributed by atoms with Crippen molar-refractivity contribution in [3.63, 3.8) is 0 Å². The highest BCUT2D eigenvalue weighted by Gasteiger charge is 2.22. The summed E-state index contributed by atoms with van der Waals surface area (Å²) in [6, 6.07) is 0. The van der Waals surface area contributed by atoms with E-state index in [9.17, 15) is 4.79 Å². The van der Waals surface area contributed by atoms with E-state index in [0.29, 0.717) is 6.42 Å². The Balaban J connectivity index is 2.04. The van der Waals surface area contributed by atoms with Crippen LogP contribution in [0.25, 0.3) is 0 Å². The molecule has 1 aliphatic rings. The number of rotatable bonds is 10. The van der Waals surface area contributed by atoms with Crippen molar-refractivity contribution in [2.45, 2.75) is 64.4 Å². The van der Waals surface area contributed by atoms with Crippen LogP contribution in [0.5, 0.6) is 0 Å². The predicted octanol–water partition coefficient (Wildman–Crippen LogP) is 3.00. The highest BCUT2D eigenvalue weighted by atomic mass is 16.5. The summed E-state index contributed by atoms with van der Waals surface area (Å²) >= 11 is 0. The third kappa shape index (κ3) is 7.85. The molecule has 1 atom stereocenters. The van der Waals surface area contributed by atoms with Gasteiger partial charge in [-0.15, -0.1) is 0 Å². The summed E-state index contributed by atoms with van der Waals surface area (Å²) in [5.74, 6) is -0.173. The van der Waals surface area contributed by atoms with Crippen molar-refractivity contribution < 1.29 is 14.3 Å². The summed E-state index contributed by atoms with van der Waals surface area (Å²) in [5, 5.41) is 0. The van der Waals surface area contributed by atoms with Crippen LogP contribution in [-0.4, -0.2) is 50.3 Å².